The number of ether oxygens (including phenoxy) is 1. The molecule has 0 atom stereocenters. The van der Waals surface area contributed by atoms with Crippen LogP contribution in [-0.2, 0) is 0 Å². The maximum absolute atomic E-state index is 5.37. The molecule has 2 aromatic heterocycles. The van der Waals surface area contributed by atoms with E-state index in [4.69, 9.17) is 9.84 Å². The zero-order chi connectivity index (χ0) is 12.5. The third-order valence-corrected chi connectivity index (χ3v) is 3.57. The molecule has 1 saturated heterocycles. The van der Waals surface area contributed by atoms with Crippen molar-refractivity contribution in [2.75, 3.05) is 20.2 Å². The summed E-state index contributed by atoms with van der Waals surface area (Å²) in [7, 11) is 1.66. The van der Waals surface area contributed by atoms with Crippen molar-refractivity contribution in [2.24, 2.45) is 0 Å². The van der Waals surface area contributed by atoms with E-state index in [1.807, 2.05) is 17.5 Å². The first-order valence-corrected chi connectivity index (χ1v) is 6.40. The molecule has 96 valence electrons. The summed E-state index contributed by atoms with van der Waals surface area (Å²) in [6, 6.07) is 4.12. The number of nitrogens with one attached hydrogen (secondary N) is 1. The van der Waals surface area contributed by atoms with E-state index in [-0.39, 0.29) is 0 Å². The van der Waals surface area contributed by atoms with Gasteiger partial charge in [-0.1, -0.05) is 0 Å². The molecule has 0 radical (unpaired) electrons. The van der Waals surface area contributed by atoms with Gasteiger partial charge in [0, 0.05) is 5.92 Å². The molecule has 0 aromatic carbocycles. The van der Waals surface area contributed by atoms with Crippen LogP contribution in [0.4, 0.5) is 0 Å². The van der Waals surface area contributed by atoms with Gasteiger partial charge in [-0.2, -0.15) is 9.61 Å². The Balaban J connectivity index is 2.03. The number of nitrogens with zero attached hydrogens (tertiary/aromatic N) is 3. The van der Waals surface area contributed by atoms with E-state index < -0.39 is 0 Å². The number of imidazole rings is 1. The first kappa shape index (κ1) is 11.5. The number of methoxy groups -OCH3 is 1. The molecule has 5 heteroatoms. The van der Waals surface area contributed by atoms with Crippen LogP contribution >= 0.6 is 0 Å². The van der Waals surface area contributed by atoms with Gasteiger partial charge in [-0.25, -0.2) is 4.98 Å². The molecule has 1 fully saturated rings. The van der Waals surface area contributed by atoms with Crippen LogP contribution in [0.15, 0.2) is 12.1 Å². The van der Waals surface area contributed by atoms with Crippen LogP contribution in [0.3, 0.4) is 0 Å². The monoisotopic (exact) mass is 246 g/mol. The Morgan fingerprint density at radius 1 is 1.33 bits per heavy atom. The van der Waals surface area contributed by atoms with Gasteiger partial charge < -0.3 is 10.1 Å². The Labute approximate surface area is 106 Å². The molecule has 3 heterocycles. The highest BCUT2D eigenvalue weighted by Crippen LogP contribution is 2.25. The van der Waals surface area contributed by atoms with Crippen molar-refractivity contribution in [3.63, 3.8) is 0 Å². The Kier molecular flexibility index (Phi) is 2.91. The van der Waals surface area contributed by atoms with Crippen LogP contribution in [-0.4, -0.2) is 34.8 Å². The van der Waals surface area contributed by atoms with Gasteiger partial charge in [0.15, 0.2) is 5.65 Å². The molecular weight excluding hydrogens is 228 g/mol. The maximum Gasteiger partial charge on any atom is 0.238 e. The molecule has 3 rings (SSSR count). The van der Waals surface area contributed by atoms with Crippen molar-refractivity contribution in [2.45, 2.75) is 25.7 Å². The lowest BCUT2D eigenvalue weighted by Crippen LogP contribution is -2.27. The SMILES string of the molecule is COc1c(C)nc2ccc(C3CCNCC3)nn12. The predicted octanol–water partition coefficient (Wildman–Crippen LogP) is 1.51. The average molecular weight is 246 g/mol. The second-order valence-electron chi connectivity index (χ2n) is 4.76. The molecule has 0 spiro atoms. The minimum atomic E-state index is 0.545. The Morgan fingerprint density at radius 2 is 2.11 bits per heavy atom. The van der Waals surface area contributed by atoms with Gasteiger partial charge in [0.25, 0.3) is 0 Å². The van der Waals surface area contributed by atoms with E-state index in [2.05, 4.69) is 16.4 Å². The van der Waals surface area contributed by atoms with Gasteiger partial charge in [-0.15, -0.1) is 0 Å². The number of piperidine rings is 1. The lowest BCUT2D eigenvalue weighted by atomic mass is 9.94. The van der Waals surface area contributed by atoms with E-state index in [1.165, 1.54) is 0 Å². The molecule has 0 saturated carbocycles. The number of aromatic nitrogens is 3. The molecule has 0 bridgehead atoms. The Morgan fingerprint density at radius 3 is 2.83 bits per heavy atom. The number of hydrogen-bond acceptors (Lipinski definition) is 4. The van der Waals surface area contributed by atoms with Crippen LogP contribution in [0.1, 0.15) is 30.1 Å². The summed E-state index contributed by atoms with van der Waals surface area (Å²) in [5.74, 6) is 1.28. The van der Waals surface area contributed by atoms with Crippen LogP contribution in [0.2, 0.25) is 0 Å². The molecule has 5 nitrogen and oxygen atoms in total. The van der Waals surface area contributed by atoms with Gasteiger partial charge in [-0.05, 0) is 45.0 Å². The van der Waals surface area contributed by atoms with Gasteiger partial charge in [0.05, 0.1) is 12.8 Å². The van der Waals surface area contributed by atoms with Crippen LogP contribution < -0.4 is 10.1 Å². The highest BCUT2D eigenvalue weighted by atomic mass is 16.5. The molecule has 0 aliphatic carbocycles. The van der Waals surface area contributed by atoms with E-state index >= 15 is 0 Å². The second-order valence-corrected chi connectivity index (χ2v) is 4.76. The van der Waals surface area contributed by atoms with Gasteiger partial charge in [-0.3, -0.25) is 0 Å². The minimum Gasteiger partial charge on any atom is -0.480 e. The van der Waals surface area contributed by atoms with Crippen LogP contribution in [0, 0.1) is 6.92 Å². The normalized spacial score (nSPS) is 17.2. The van der Waals surface area contributed by atoms with Crippen LogP contribution in [0.5, 0.6) is 5.88 Å². The number of aryl methyl sites for hydroxylation is 1. The van der Waals surface area contributed by atoms with E-state index in [1.54, 1.807) is 7.11 Å². The Hall–Kier alpha value is -1.62. The summed E-state index contributed by atoms with van der Waals surface area (Å²) in [6.45, 7) is 4.09. The minimum absolute atomic E-state index is 0.545. The molecule has 1 aliphatic heterocycles. The fourth-order valence-corrected chi connectivity index (χ4v) is 2.61. The molecule has 0 amide bonds. The number of rotatable bonds is 2. The molecule has 18 heavy (non-hydrogen) atoms. The number of fused-ring (bicyclic) bond motifs is 1. The second kappa shape index (κ2) is 4.57. The van der Waals surface area contributed by atoms with Crippen LogP contribution in [0.25, 0.3) is 5.65 Å². The molecular formula is C13H18N4O. The van der Waals surface area contributed by atoms with Crippen molar-refractivity contribution in [3.8, 4) is 5.88 Å². The smallest absolute Gasteiger partial charge is 0.238 e. The Bertz CT molecular complexity index is 557. The zero-order valence-corrected chi connectivity index (χ0v) is 10.8. The van der Waals surface area contributed by atoms with Crippen molar-refractivity contribution in [1.29, 1.82) is 0 Å². The first-order chi connectivity index (χ1) is 8.79. The zero-order valence-electron chi connectivity index (χ0n) is 10.8. The average Bonchev–Trinajstić information content (AvgIpc) is 2.74. The fourth-order valence-electron chi connectivity index (χ4n) is 2.61. The van der Waals surface area contributed by atoms with E-state index in [0.29, 0.717) is 5.92 Å². The van der Waals surface area contributed by atoms with Crippen molar-refractivity contribution in [3.05, 3.63) is 23.5 Å². The molecule has 1 N–H and O–H groups in total. The lowest BCUT2D eigenvalue weighted by Gasteiger charge is -2.21. The largest absolute Gasteiger partial charge is 0.480 e. The van der Waals surface area contributed by atoms with Gasteiger partial charge >= 0.3 is 0 Å². The molecule has 0 unspecified atom stereocenters. The quantitative estimate of drug-likeness (QED) is 0.872. The summed E-state index contributed by atoms with van der Waals surface area (Å²) in [4.78, 5) is 4.43. The van der Waals surface area contributed by atoms with Gasteiger partial charge in [0.1, 0.15) is 5.69 Å². The topological polar surface area (TPSA) is 51.5 Å². The summed E-state index contributed by atoms with van der Waals surface area (Å²) < 4.78 is 7.18. The fraction of sp³-hybridized carbons (Fsp3) is 0.538. The predicted molar refractivity (Wildman–Crippen MR) is 69.1 cm³/mol. The highest BCUT2D eigenvalue weighted by molar-refractivity contribution is 5.44. The maximum atomic E-state index is 5.37. The van der Waals surface area contributed by atoms with E-state index in [0.717, 1.165) is 48.8 Å². The van der Waals surface area contributed by atoms with Crippen molar-refractivity contribution < 1.29 is 4.74 Å². The summed E-state index contributed by atoms with van der Waals surface area (Å²) >= 11 is 0. The summed E-state index contributed by atoms with van der Waals surface area (Å²) in [5.41, 5.74) is 2.87. The van der Waals surface area contributed by atoms with Crippen molar-refractivity contribution in [1.82, 2.24) is 19.9 Å². The third kappa shape index (κ3) is 1.84. The summed E-state index contributed by atoms with van der Waals surface area (Å²) in [6.07, 6.45) is 2.29. The third-order valence-electron chi connectivity index (χ3n) is 3.57. The summed E-state index contributed by atoms with van der Waals surface area (Å²) in [5, 5.41) is 8.07. The van der Waals surface area contributed by atoms with Crippen molar-refractivity contribution >= 4 is 5.65 Å². The first-order valence-electron chi connectivity index (χ1n) is 6.40. The standard InChI is InChI=1S/C13H18N4O/c1-9-13(18-2)17-12(15-9)4-3-11(16-17)10-5-7-14-8-6-10/h3-4,10,14H,5-8H2,1-2H3. The van der Waals surface area contributed by atoms with Gasteiger partial charge in [0.2, 0.25) is 5.88 Å². The molecule has 1 aliphatic rings. The van der Waals surface area contributed by atoms with E-state index in [9.17, 15) is 0 Å². The lowest BCUT2D eigenvalue weighted by molar-refractivity contribution is 0.381. The highest BCUT2D eigenvalue weighted by Gasteiger charge is 2.18. The molecule has 2 aromatic rings. The number of hydrogen-bond donors (Lipinski definition) is 1.